The van der Waals surface area contributed by atoms with Crippen LogP contribution < -0.4 is 0 Å². The number of cyclic esters (lactones) is 1. The van der Waals surface area contributed by atoms with E-state index in [1.807, 2.05) is 6.07 Å². The van der Waals surface area contributed by atoms with Crippen molar-refractivity contribution < 1.29 is 19.4 Å². The summed E-state index contributed by atoms with van der Waals surface area (Å²) in [5.41, 5.74) is 3.14. The Balaban J connectivity index is 1.23. The molecular weight excluding hydrogens is 428 g/mol. The number of hydrogen-bond donors (Lipinski definition) is 1. The minimum atomic E-state index is -0.577. The van der Waals surface area contributed by atoms with Gasteiger partial charge in [-0.15, -0.1) is 0 Å². The van der Waals surface area contributed by atoms with Gasteiger partial charge in [-0.1, -0.05) is 6.07 Å². The van der Waals surface area contributed by atoms with Gasteiger partial charge in [-0.3, -0.25) is 14.5 Å². The molecule has 1 aromatic rings. The van der Waals surface area contributed by atoms with Gasteiger partial charge in [0.05, 0.1) is 0 Å². The van der Waals surface area contributed by atoms with E-state index in [-0.39, 0.29) is 28.7 Å². The molecule has 0 radical (unpaired) electrons. The molecule has 1 aromatic carbocycles. The maximum atomic E-state index is 13.5. The Morgan fingerprint density at radius 3 is 2.85 bits per heavy atom. The van der Waals surface area contributed by atoms with Gasteiger partial charge in [0.1, 0.15) is 5.75 Å². The van der Waals surface area contributed by atoms with Gasteiger partial charge < -0.3 is 14.7 Å². The second-order valence-corrected chi connectivity index (χ2v) is 12.5. The second-order valence-electron chi connectivity index (χ2n) is 12.5. The third-order valence-electron chi connectivity index (χ3n) is 11.2. The zero-order chi connectivity index (χ0) is 22.8. The number of likely N-dealkylation sites (tertiary alicyclic amines) is 2. The molecule has 7 aliphatic rings. The van der Waals surface area contributed by atoms with Crippen LogP contribution in [0.1, 0.15) is 62.5 Å². The highest BCUT2D eigenvalue weighted by atomic mass is 16.6. The smallest absolute Gasteiger partial charge is 0.306 e. The molecule has 6 fully saturated rings. The van der Waals surface area contributed by atoms with E-state index in [9.17, 15) is 14.7 Å². The third kappa shape index (κ3) is 2.36. The summed E-state index contributed by atoms with van der Waals surface area (Å²) in [6.45, 7) is 3.21. The van der Waals surface area contributed by atoms with Gasteiger partial charge in [0, 0.05) is 43.4 Å². The molecule has 8 rings (SSSR count). The highest BCUT2D eigenvalue weighted by Gasteiger charge is 2.76. The molecule has 34 heavy (non-hydrogen) atoms. The fraction of sp³-hybridized carbons (Fsp3) is 0.714. The van der Waals surface area contributed by atoms with Crippen molar-refractivity contribution in [3.8, 4) is 5.75 Å². The summed E-state index contributed by atoms with van der Waals surface area (Å²) in [5, 5.41) is 10.6. The Morgan fingerprint density at radius 1 is 1.18 bits per heavy atom. The fourth-order valence-corrected chi connectivity index (χ4v) is 10.1. The number of amides is 1. The van der Waals surface area contributed by atoms with E-state index in [2.05, 4.69) is 21.9 Å². The number of phenolic OH excluding ortho intramolecular Hbond substituents is 1. The Kier molecular flexibility index (Phi) is 3.89. The summed E-state index contributed by atoms with van der Waals surface area (Å²) < 4.78 is 5.41. The number of fused-ring (bicyclic) bond motifs is 1. The third-order valence-corrected chi connectivity index (χ3v) is 11.2. The van der Waals surface area contributed by atoms with Gasteiger partial charge in [0.2, 0.25) is 0 Å². The molecule has 3 saturated heterocycles. The Bertz CT molecular complexity index is 1100. The Morgan fingerprint density at radius 2 is 2.06 bits per heavy atom. The molecule has 3 saturated carbocycles. The van der Waals surface area contributed by atoms with E-state index < -0.39 is 6.10 Å². The molecular formula is C28H34N2O4. The first-order chi connectivity index (χ1) is 16.5. The van der Waals surface area contributed by atoms with Gasteiger partial charge in [-0.2, -0.15) is 0 Å². The number of benzene rings is 1. The molecule has 0 spiro atoms. The zero-order valence-electron chi connectivity index (χ0n) is 19.7. The molecule has 5 unspecified atom stereocenters. The summed E-state index contributed by atoms with van der Waals surface area (Å²) in [5.74, 6) is 2.04. The SMILES string of the molecule is O=C1CC[C@H](C(=O)N2C[C@H]3CC45CCC2C3C42CCN(CC3CC3)C5Cc3ccc(O)cc32)O1. The lowest BCUT2D eigenvalue weighted by atomic mass is 9.43. The number of hydrogen-bond acceptors (Lipinski definition) is 5. The van der Waals surface area contributed by atoms with Crippen molar-refractivity contribution in [2.75, 3.05) is 19.6 Å². The number of rotatable bonds is 3. The lowest BCUT2D eigenvalue weighted by Crippen LogP contribution is -2.70. The van der Waals surface area contributed by atoms with Crippen LogP contribution in [0.4, 0.5) is 0 Å². The average Bonchev–Trinajstić information content (AvgIpc) is 3.33. The monoisotopic (exact) mass is 462 g/mol. The second kappa shape index (κ2) is 6.57. The number of carbonyl (C=O) groups is 2. The Hall–Kier alpha value is -2.08. The van der Waals surface area contributed by atoms with Gasteiger partial charge >= 0.3 is 5.97 Å². The normalized spacial score (nSPS) is 44.1. The molecule has 1 N–H and O–H groups in total. The average molecular weight is 463 g/mol. The quantitative estimate of drug-likeness (QED) is 0.700. The van der Waals surface area contributed by atoms with Crippen LogP contribution in [0, 0.1) is 23.2 Å². The maximum absolute atomic E-state index is 13.5. The number of carbonyl (C=O) groups excluding carboxylic acids is 2. The molecule has 6 nitrogen and oxygen atoms in total. The van der Waals surface area contributed by atoms with Crippen LogP contribution in [0.15, 0.2) is 18.2 Å². The molecule has 4 bridgehead atoms. The summed E-state index contributed by atoms with van der Waals surface area (Å²) in [6.07, 6.45) is 8.77. The highest BCUT2D eigenvalue weighted by molar-refractivity contribution is 5.87. The van der Waals surface area contributed by atoms with Crippen LogP contribution in [-0.2, 0) is 26.2 Å². The predicted octanol–water partition coefficient (Wildman–Crippen LogP) is 3.00. The summed E-state index contributed by atoms with van der Waals surface area (Å²) in [6, 6.07) is 6.97. The number of nitrogens with zero attached hydrogens (tertiary/aromatic N) is 2. The van der Waals surface area contributed by atoms with E-state index in [1.165, 1.54) is 43.4 Å². The van der Waals surface area contributed by atoms with Crippen LogP contribution in [0.5, 0.6) is 5.75 Å². The van der Waals surface area contributed by atoms with Gasteiger partial charge in [0.15, 0.2) is 6.10 Å². The number of piperidine rings is 1. The molecule has 3 heterocycles. The molecule has 180 valence electrons. The van der Waals surface area contributed by atoms with E-state index in [4.69, 9.17) is 4.74 Å². The van der Waals surface area contributed by atoms with Gasteiger partial charge in [-0.05, 0) is 97.9 Å². The molecule has 7 atom stereocenters. The molecule has 0 aromatic heterocycles. The lowest BCUT2D eigenvalue weighted by Gasteiger charge is -2.66. The number of phenols is 1. The van der Waals surface area contributed by atoms with Gasteiger partial charge in [-0.25, -0.2) is 0 Å². The zero-order valence-corrected chi connectivity index (χ0v) is 19.7. The summed E-state index contributed by atoms with van der Waals surface area (Å²) in [7, 11) is 0. The van der Waals surface area contributed by atoms with Crippen molar-refractivity contribution in [2.45, 2.75) is 81.4 Å². The molecule has 1 amide bonds. The minimum Gasteiger partial charge on any atom is -0.508 e. The first kappa shape index (κ1) is 20.1. The standard InChI is InChI=1S/C28H34N2O4/c31-19-4-3-17-11-23-27-8-7-21-25(18(13-27)15-30(21)26(33)22-5-6-24(32)34-22)28(27,20(17)12-19)9-10-29(23)14-16-1-2-16/h3-4,12,16,18,21-23,25,31H,1-2,5-11,13-15H2/t18-,21?,22-,23?,25?,27?,28?/m1/s1. The maximum Gasteiger partial charge on any atom is 0.306 e. The van der Waals surface area contributed by atoms with E-state index in [1.54, 1.807) is 0 Å². The highest BCUT2D eigenvalue weighted by Crippen LogP contribution is 2.75. The molecule has 3 aliphatic heterocycles. The largest absolute Gasteiger partial charge is 0.508 e. The van der Waals surface area contributed by atoms with Crippen molar-refractivity contribution in [1.29, 1.82) is 0 Å². The first-order valence-corrected chi connectivity index (χ1v) is 13.6. The lowest BCUT2D eigenvalue weighted by molar-refractivity contribution is -0.156. The van der Waals surface area contributed by atoms with E-state index in [0.29, 0.717) is 36.5 Å². The fourth-order valence-electron chi connectivity index (χ4n) is 10.1. The van der Waals surface area contributed by atoms with Crippen LogP contribution in [-0.4, -0.2) is 64.6 Å². The first-order valence-electron chi connectivity index (χ1n) is 13.6. The molecule has 6 heteroatoms. The molecule has 4 aliphatic carbocycles. The van der Waals surface area contributed by atoms with Crippen LogP contribution in [0.25, 0.3) is 0 Å². The minimum absolute atomic E-state index is 0.0452. The van der Waals surface area contributed by atoms with E-state index in [0.717, 1.165) is 38.3 Å². The topological polar surface area (TPSA) is 70.1 Å². The number of esters is 1. The van der Waals surface area contributed by atoms with Crippen molar-refractivity contribution in [3.05, 3.63) is 29.3 Å². The number of aromatic hydroxyl groups is 1. The Labute approximate surface area is 200 Å². The number of ether oxygens (including phenoxy) is 1. The van der Waals surface area contributed by atoms with Crippen LogP contribution in [0.3, 0.4) is 0 Å². The van der Waals surface area contributed by atoms with Crippen molar-refractivity contribution >= 4 is 11.9 Å². The van der Waals surface area contributed by atoms with Crippen molar-refractivity contribution in [2.24, 2.45) is 23.2 Å². The summed E-state index contributed by atoms with van der Waals surface area (Å²) >= 11 is 0. The van der Waals surface area contributed by atoms with Gasteiger partial charge in [0.25, 0.3) is 5.91 Å². The predicted molar refractivity (Wildman–Crippen MR) is 124 cm³/mol. The van der Waals surface area contributed by atoms with Crippen molar-refractivity contribution in [1.82, 2.24) is 9.80 Å². The van der Waals surface area contributed by atoms with Crippen LogP contribution >= 0.6 is 0 Å². The van der Waals surface area contributed by atoms with Crippen LogP contribution in [0.2, 0.25) is 0 Å². The van der Waals surface area contributed by atoms with Crippen molar-refractivity contribution in [3.63, 3.8) is 0 Å². The van der Waals surface area contributed by atoms with E-state index >= 15 is 0 Å². The summed E-state index contributed by atoms with van der Waals surface area (Å²) in [4.78, 5) is 30.2.